The highest BCUT2D eigenvalue weighted by Gasteiger charge is 2.12. The minimum atomic E-state index is 0.0694. The average molecular weight is 209 g/mol. The monoisotopic (exact) mass is 209 g/mol. The van der Waals surface area contributed by atoms with E-state index in [4.69, 9.17) is 5.73 Å². The highest BCUT2D eigenvalue weighted by Crippen LogP contribution is 2.29. The quantitative estimate of drug-likeness (QED) is 0.807. The van der Waals surface area contributed by atoms with Crippen molar-refractivity contribution < 1.29 is 0 Å². The van der Waals surface area contributed by atoms with Crippen LogP contribution in [-0.4, -0.2) is 0 Å². The molecule has 0 unspecified atom stereocenters. The van der Waals surface area contributed by atoms with E-state index < -0.39 is 0 Å². The van der Waals surface area contributed by atoms with Gasteiger partial charge in [-0.1, -0.05) is 6.07 Å². The highest BCUT2D eigenvalue weighted by atomic mass is 32.1. The van der Waals surface area contributed by atoms with Gasteiger partial charge in [-0.05, 0) is 35.4 Å². The summed E-state index contributed by atoms with van der Waals surface area (Å²) >= 11 is 3.46. The summed E-state index contributed by atoms with van der Waals surface area (Å²) in [7, 11) is 0. The van der Waals surface area contributed by atoms with Crippen LogP contribution < -0.4 is 5.73 Å². The SMILES string of the molecule is Cc1ccsc1[C@H](N)c1cccs1. The standard InChI is InChI=1S/C10H11NS2/c1-7-4-6-13-10(7)9(11)8-3-2-5-12-8/h2-6,9H,11H2,1H3/t9-/m1/s1. The summed E-state index contributed by atoms with van der Waals surface area (Å²) in [4.78, 5) is 2.52. The lowest BCUT2D eigenvalue weighted by Crippen LogP contribution is -2.09. The van der Waals surface area contributed by atoms with Crippen LogP contribution in [0.25, 0.3) is 0 Å². The van der Waals surface area contributed by atoms with Crippen molar-refractivity contribution in [2.24, 2.45) is 5.73 Å². The van der Waals surface area contributed by atoms with Gasteiger partial charge in [0.2, 0.25) is 0 Å². The van der Waals surface area contributed by atoms with E-state index in [9.17, 15) is 0 Å². The molecule has 1 atom stereocenters. The van der Waals surface area contributed by atoms with Gasteiger partial charge in [-0.15, -0.1) is 22.7 Å². The molecule has 3 heteroatoms. The molecule has 0 spiro atoms. The largest absolute Gasteiger partial charge is 0.319 e. The fourth-order valence-electron chi connectivity index (χ4n) is 1.30. The Hall–Kier alpha value is -0.640. The number of thiophene rings is 2. The molecule has 13 heavy (non-hydrogen) atoms. The van der Waals surface area contributed by atoms with Crippen LogP contribution >= 0.6 is 22.7 Å². The maximum Gasteiger partial charge on any atom is 0.0742 e. The van der Waals surface area contributed by atoms with E-state index in [0.29, 0.717) is 0 Å². The summed E-state index contributed by atoms with van der Waals surface area (Å²) in [6.45, 7) is 2.11. The molecule has 2 N–H and O–H groups in total. The maximum atomic E-state index is 6.13. The van der Waals surface area contributed by atoms with Gasteiger partial charge in [0.25, 0.3) is 0 Å². The molecule has 0 radical (unpaired) electrons. The topological polar surface area (TPSA) is 26.0 Å². The Morgan fingerprint density at radius 2 is 2.08 bits per heavy atom. The Morgan fingerprint density at radius 1 is 1.23 bits per heavy atom. The van der Waals surface area contributed by atoms with Gasteiger partial charge in [0, 0.05) is 9.75 Å². The van der Waals surface area contributed by atoms with Crippen molar-refractivity contribution >= 4 is 22.7 Å². The van der Waals surface area contributed by atoms with E-state index >= 15 is 0 Å². The Kier molecular flexibility index (Phi) is 2.49. The Bertz CT molecular complexity index is 375. The van der Waals surface area contributed by atoms with Gasteiger partial charge < -0.3 is 5.73 Å². The predicted octanol–water partition coefficient (Wildman–Crippen LogP) is 3.17. The lowest BCUT2D eigenvalue weighted by molar-refractivity contribution is 0.908. The minimum Gasteiger partial charge on any atom is -0.319 e. The second kappa shape index (κ2) is 3.62. The Labute approximate surface area is 85.8 Å². The third-order valence-corrected chi connectivity index (χ3v) is 4.09. The van der Waals surface area contributed by atoms with Gasteiger partial charge in [-0.25, -0.2) is 0 Å². The molecule has 0 amide bonds. The third kappa shape index (κ3) is 1.68. The maximum absolute atomic E-state index is 6.13. The number of hydrogen-bond acceptors (Lipinski definition) is 3. The van der Waals surface area contributed by atoms with Crippen LogP contribution in [0.2, 0.25) is 0 Å². The first kappa shape index (κ1) is 8.94. The lowest BCUT2D eigenvalue weighted by atomic mass is 10.1. The van der Waals surface area contributed by atoms with Crippen LogP contribution in [0, 0.1) is 6.92 Å². The molecule has 0 aliphatic carbocycles. The van der Waals surface area contributed by atoms with Crippen molar-refractivity contribution in [2.75, 3.05) is 0 Å². The van der Waals surface area contributed by atoms with Gasteiger partial charge >= 0.3 is 0 Å². The van der Waals surface area contributed by atoms with Gasteiger partial charge in [0.1, 0.15) is 0 Å². The van der Waals surface area contributed by atoms with Crippen LogP contribution in [0.1, 0.15) is 21.4 Å². The molecule has 2 aromatic rings. The molecule has 68 valence electrons. The van der Waals surface area contributed by atoms with Crippen LogP contribution in [0.15, 0.2) is 29.0 Å². The van der Waals surface area contributed by atoms with Crippen molar-refractivity contribution in [1.82, 2.24) is 0 Å². The van der Waals surface area contributed by atoms with Crippen LogP contribution in [0.5, 0.6) is 0 Å². The van der Waals surface area contributed by atoms with Gasteiger partial charge in [-0.2, -0.15) is 0 Å². The van der Waals surface area contributed by atoms with E-state index in [2.05, 4.69) is 29.8 Å². The van der Waals surface area contributed by atoms with Crippen LogP contribution in [0.3, 0.4) is 0 Å². The van der Waals surface area contributed by atoms with Crippen molar-refractivity contribution in [3.05, 3.63) is 44.3 Å². The molecular formula is C10H11NS2. The Balaban J connectivity index is 2.33. The molecular weight excluding hydrogens is 198 g/mol. The second-order valence-corrected chi connectivity index (χ2v) is 4.89. The predicted molar refractivity (Wildman–Crippen MR) is 59.4 cm³/mol. The molecule has 0 aromatic carbocycles. The molecule has 2 rings (SSSR count). The molecule has 0 aliphatic rings. The smallest absolute Gasteiger partial charge is 0.0742 e. The molecule has 0 saturated heterocycles. The summed E-state index contributed by atoms with van der Waals surface area (Å²) in [5.74, 6) is 0. The molecule has 0 aliphatic heterocycles. The van der Waals surface area contributed by atoms with E-state index in [1.54, 1.807) is 22.7 Å². The molecule has 0 saturated carbocycles. The zero-order valence-corrected chi connectivity index (χ0v) is 8.99. The summed E-state index contributed by atoms with van der Waals surface area (Å²) in [5, 5.41) is 4.16. The number of hydrogen-bond donors (Lipinski definition) is 1. The number of rotatable bonds is 2. The zero-order valence-electron chi connectivity index (χ0n) is 7.36. The lowest BCUT2D eigenvalue weighted by Gasteiger charge is -2.07. The summed E-state index contributed by atoms with van der Waals surface area (Å²) in [6, 6.07) is 6.32. The minimum absolute atomic E-state index is 0.0694. The van der Waals surface area contributed by atoms with Crippen molar-refractivity contribution in [3.8, 4) is 0 Å². The molecule has 0 fully saturated rings. The van der Waals surface area contributed by atoms with Crippen molar-refractivity contribution in [2.45, 2.75) is 13.0 Å². The molecule has 2 heterocycles. The van der Waals surface area contributed by atoms with Gasteiger partial charge in [-0.3, -0.25) is 0 Å². The fourth-order valence-corrected chi connectivity index (χ4v) is 3.06. The molecule has 0 bridgehead atoms. The number of nitrogens with two attached hydrogens (primary N) is 1. The van der Waals surface area contributed by atoms with Crippen molar-refractivity contribution in [3.63, 3.8) is 0 Å². The summed E-state index contributed by atoms with van der Waals surface area (Å²) in [5.41, 5.74) is 7.42. The number of aryl methyl sites for hydroxylation is 1. The van der Waals surface area contributed by atoms with E-state index in [-0.39, 0.29) is 6.04 Å². The van der Waals surface area contributed by atoms with E-state index in [1.165, 1.54) is 15.3 Å². The van der Waals surface area contributed by atoms with Gasteiger partial charge in [0.05, 0.1) is 6.04 Å². The first-order valence-electron chi connectivity index (χ1n) is 4.12. The normalized spacial score (nSPS) is 13.1. The Morgan fingerprint density at radius 3 is 2.62 bits per heavy atom. The third-order valence-electron chi connectivity index (χ3n) is 2.03. The van der Waals surface area contributed by atoms with E-state index in [1.807, 2.05) is 6.07 Å². The summed E-state index contributed by atoms with van der Waals surface area (Å²) < 4.78 is 0. The molecule has 1 nitrogen and oxygen atoms in total. The van der Waals surface area contributed by atoms with E-state index in [0.717, 1.165) is 0 Å². The van der Waals surface area contributed by atoms with Crippen molar-refractivity contribution in [1.29, 1.82) is 0 Å². The fraction of sp³-hybridized carbons (Fsp3) is 0.200. The first-order chi connectivity index (χ1) is 6.29. The highest BCUT2D eigenvalue weighted by molar-refractivity contribution is 7.11. The second-order valence-electron chi connectivity index (χ2n) is 2.96. The van der Waals surface area contributed by atoms with Crippen LogP contribution in [-0.2, 0) is 0 Å². The van der Waals surface area contributed by atoms with Gasteiger partial charge in [0.15, 0.2) is 0 Å². The first-order valence-corrected chi connectivity index (χ1v) is 5.88. The average Bonchev–Trinajstić information content (AvgIpc) is 2.72. The summed E-state index contributed by atoms with van der Waals surface area (Å²) in [6.07, 6.45) is 0. The van der Waals surface area contributed by atoms with Crippen LogP contribution in [0.4, 0.5) is 0 Å². The zero-order chi connectivity index (χ0) is 9.26. The molecule has 2 aromatic heterocycles.